The molecule has 5 rings (SSSR count). The highest BCUT2D eigenvalue weighted by molar-refractivity contribution is 5.87. The number of nitro groups is 1. The highest BCUT2D eigenvalue weighted by atomic mass is 16.6. The van der Waals surface area contributed by atoms with E-state index in [1.165, 1.54) is 12.1 Å². The van der Waals surface area contributed by atoms with Crippen LogP contribution < -0.4 is 10.5 Å². The van der Waals surface area contributed by atoms with Crippen molar-refractivity contribution in [1.82, 2.24) is 10.2 Å². The Kier molecular flexibility index (Phi) is 4.15. The lowest BCUT2D eigenvalue weighted by Crippen LogP contribution is -2.21. The van der Waals surface area contributed by atoms with Gasteiger partial charge in [-0.05, 0) is 22.4 Å². The number of nitro benzene ring substituents is 1. The lowest BCUT2D eigenvalue weighted by molar-refractivity contribution is -0.384. The number of nitriles is 1. The van der Waals surface area contributed by atoms with Crippen LogP contribution in [-0.2, 0) is 0 Å². The molecule has 2 heterocycles. The maximum absolute atomic E-state index is 11.3. The number of nitrogens with zero attached hydrogens (tertiary/aromatic N) is 3. The summed E-state index contributed by atoms with van der Waals surface area (Å²) in [5.74, 6) is -0.479. The van der Waals surface area contributed by atoms with Gasteiger partial charge in [0, 0.05) is 17.7 Å². The number of ether oxygens (including phenoxy) is 1. The molecule has 1 aliphatic rings. The summed E-state index contributed by atoms with van der Waals surface area (Å²) in [5, 5.41) is 30.5. The molecule has 3 N–H and O–H groups in total. The second kappa shape index (κ2) is 7.00. The molecule has 8 heteroatoms. The van der Waals surface area contributed by atoms with E-state index in [9.17, 15) is 15.4 Å². The predicted molar refractivity (Wildman–Crippen MR) is 114 cm³/mol. The van der Waals surface area contributed by atoms with Gasteiger partial charge >= 0.3 is 0 Å². The molecule has 0 aliphatic carbocycles. The van der Waals surface area contributed by atoms with Crippen LogP contribution in [0.2, 0.25) is 0 Å². The van der Waals surface area contributed by atoms with Gasteiger partial charge in [-0.1, -0.05) is 48.5 Å². The van der Waals surface area contributed by atoms with Crippen LogP contribution in [-0.4, -0.2) is 15.1 Å². The SMILES string of the molecule is N#CC1=C(N)Oc2n[nH]c(-c3ccc4ccccc4c3)c2C1c1cccc([N+](=O)[O-])c1. The third kappa shape index (κ3) is 2.96. The predicted octanol–water partition coefficient (Wildman–Crippen LogP) is 4.36. The van der Waals surface area contributed by atoms with Gasteiger partial charge in [0.2, 0.25) is 11.8 Å². The number of aromatic nitrogens is 2. The summed E-state index contributed by atoms with van der Waals surface area (Å²) in [4.78, 5) is 10.9. The quantitative estimate of drug-likeness (QED) is 0.382. The first kappa shape index (κ1) is 18.4. The minimum atomic E-state index is -0.658. The van der Waals surface area contributed by atoms with Crippen molar-refractivity contribution in [3.63, 3.8) is 0 Å². The van der Waals surface area contributed by atoms with E-state index < -0.39 is 10.8 Å². The van der Waals surface area contributed by atoms with E-state index >= 15 is 0 Å². The summed E-state index contributed by atoms with van der Waals surface area (Å²) in [6.45, 7) is 0. The highest BCUT2D eigenvalue weighted by Crippen LogP contribution is 2.46. The maximum atomic E-state index is 11.3. The number of benzene rings is 3. The lowest BCUT2D eigenvalue weighted by atomic mass is 9.82. The number of aromatic amines is 1. The average molecular weight is 409 g/mol. The molecule has 0 radical (unpaired) electrons. The Balaban J connectivity index is 1.73. The Hall–Kier alpha value is -4.64. The molecule has 0 saturated heterocycles. The van der Waals surface area contributed by atoms with E-state index in [4.69, 9.17) is 10.5 Å². The topological polar surface area (TPSA) is 131 Å². The molecule has 0 bridgehead atoms. The Morgan fingerprint density at radius 1 is 1.10 bits per heavy atom. The van der Waals surface area contributed by atoms with Crippen LogP contribution >= 0.6 is 0 Å². The number of rotatable bonds is 3. The molecule has 0 amide bonds. The molecule has 1 atom stereocenters. The second-order valence-corrected chi connectivity index (χ2v) is 7.16. The van der Waals surface area contributed by atoms with Gasteiger partial charge in [0.15, 0.2) is 0 Å². The number of hydrogen-bond donors (Lipinski definition) is 2. The first-order valence-corrected chi connectivity index (χ1v) is 9.46. The van der Waals surface area contributed by atoms with Crippen molar-refractivity contribution in [1.29, 1.82) is 5.26 Å². The fourth-order valence-corrected chi connectivity index (χ4v) is 3.96. The average Bonchev–Trinajstić information content (AvgIpc) is 3.21. The van der Waals surface area contributed by atoms with Crippen LogP contribution in [0.4, 0.5) is 5.69 Å². The smallest absolute Gasteiger partial charge is 0.269 e. The molecule has 4 aromatic rings. The Morgan fingerprint density at radius 3 is 2.68 bits per heavy atom. The van der Waals surface area contributed by atoms with Gasteiger partial charge in [0.05, 0.1) is 22.1 Å². The molecule has 0 fully saturated rings. The zero-order chi connectivity index (χ0) is 21.5. The minimum absolute atomic E-state index is 0.0666. The summed E-state index contributed by atoms with van der Waals surface area (Å²) in [6.07, 6.45) is 0. The standard InChI is InChI=1S/C23H15N5O3/c24-12-18-19(15-6-3-7-17(11-15)28(29)30)20-21(26-27-23(20)31-22(18)25)16-9-8-13-4-1-2-5-14(13)10-16/h1-11,19H,25H2,(H,26,27). The van der Waals surface area contributed by atoms with Gasteiger partial charge in [-0.2, -0.15) is 5.26 Å². The number of fused-ring (bicyclic) bond motifs is 2. The molecule has 1 aliphatic heterocycles. The van der Waals surface area contributed by atoms with Gasteiger partial charge in [0.1, 0.15) is 11.6 Å². The van der Waals surface area contributed by atoms with Crippen molar-refractivity contribution in [2.45, 2.75) is 5.92 Å². The van der Waals surface area contributed by atoms with Crippen molar-refractivity contribution < 1.29 is 9.66 Å². The van der Waals surface area contributed by atoms with E-state index in [1.54, 1.807) is 12.1 Å². The zero-order valence-electron chi connectivity index (χ0n) is 16.1. The summed E-state index contributed by atoms with van der Waals surface area (Å²) in [7, 11) is 0. The van der Waals surface area contributed by atoms with Crippen LogP contribution in [0.3, 0.4) is 0 Å². The Bertz CT molecular complexity index is 1430. The first-order valence-electron chi connectivity index (χ1n) is 9.46. The van der Waals surface area contributed by atoms with Crippen LogP contribution in [0, 0.1) is 21.4 Å². The summed E-state index contributed by atoms with van der Waals surface area (Å²) in [6, 6.07) is 22.2. The second-order valence-electron chi connectivity index (χ2n) is 7.16. The van der Waals surface area contributed by atoms with Crippen molar-refractivity contribution in [2.24, 2.45) is 5.73 Å². The van der Waals surface area contributed by atoms with Crippen molar-refractivity contribution in [3.05, 3.63) is 99.4 Å². The zero-order valence-corrected chi connectivity index (χ0v) is 16.1. The van der Waals surface area contributed by atoms with Crippen molar-refractivity contribution >= 4 is 16.5 Å². The van der Waals surface area contributed by atoms with Crippen molar-refractivity contribution in [2.75, 3.05) is 0 Å². The first-order chi connectivity index (χ1) is 15.1. The highest BCUT2D eigenvalue weighted by Gasteiger charge is 2.36. The third-order valence-electron chi connectivity index (χ3n) is 5.39. The number of nitrogens with two attached hydrogens (primary N) is 1. The molecule has 0 saturated carbocycles. The molecule has 1 aromatic heterocycles. The van der Waals surface area contributed by atoms with Crippen LogP contribution in [0.5, 0.6) is 5.88 Å². The van der Waals surface area contributed by atoms with E-state index in [1.807, 2.05) is 42.5 Å². The molecule has 3 aromatic carbocycles. The molecular formula is C23H15N5O3. The largest absolute Gasteiger partial charge is 0.420 e. The monoisotopic (exact) mass is 409 g/mol. The van der Waals surface area contributed by atoms with Crippen LogP contribution in [0.15, 0.2) is 78.2 Å². The van der Waals surface area contributed by atoms with Gasteiger partial charge in [-0.15, -0.1) is 5.10 Å². The molecule has 31 heavy (non-hydrogen) atoms. The number of nitrogens with one attached hydrogen (secondary N) is 1. The van der Waals surface area contributed by atoms with Gasteiger partial charge < -0.3 is 10.5 Å². The normalized spacial score (nSPS) is 15.3. The van der Waals surface area contributed by atoms with E-state index in [2.05, 4.69) is 16.3 Å². The van der Waals surface area contributed by atoms with E-state index in [-0.39, 0.29) is 23.0 Å². The van der Waals surface area contributed by atoms with Crippen LogP contribution in [0.25, 0.3) is 22.0 Å². The van der Waals surface area contributed by atoms with E-state index in [0.29, 0.717) is 16.8 Å². The summed E-state index contributed by atoms with van der Waals surface area (Å²) >= 11 is 0. The maximum Gasteiger partial charge on any atom is 0.269 e. The lowest BCUT2D eigenvalue weighted by Gasteiger charge is -2.24. The minimum Gasteiger partial charge on any atom is -0.420 e. The van der Waals surface area contributed by atoms with E-state index in [0.717, 1.165) is 16.3 Å². The van der Waals surface area contributed by atoms with Gasteiger partial charge in [-0.3, -0.25) is 15.2 Å². The van der Waals surface area contributed by atoms with Crippen molar-refractivity contribution in [3.8, 4) is 23.2 Å². The molecule has 0 spiro atoms. The Morgan fingerprint density at radius 2 is 1.90 bits per heavy atom. The molecular weight excluding hydrogens is 394 g/mol. The van der Waals surface area contributed by atoms with Crippen LogP contribution in [0.1, 0.15) is 17.0 Å². The Labute approximate surface area is 176 Å². The molecule has 1 unspecified atom stereocenters. The third-order valence-corrected chi connectivity index (χ3v) is 5.39. The number of non-ortho nitro benzene ring substituents is 1. The number of hydrogen-bond acceptors (Lipinski definition) is 6. The fourth-order valence-electron chi connectivity index (χ4n) is 3.96. The van der Waals surface area contributed by atoms with Gasteiger partial charge in [0.25, 0.3) is 5.69 Å². The number of allylic oxidation sites excluding steroid dienone is 1. The number of H-pyrrole nitrogens is 1. The molecule has 8 nitrogen and oxygen atoms in total. The summed E-state index contributed by atoms with van der Waals surface area (Å²) in [5.41, 5.74) is 8.79. The van der Waals surface area contributed by atoms with Gasteiger partial charge in [-0.25, -0.2) is 0 Å². The molecule has 150 valence electrons. The summed E-state index contributed by atoms with van der Waals surface area (Å²) < 4.78 is 5.61. The fraction of sp³-hybridized carbons (Fsp3) is 0.0435.